The third kappa shape index (κ3) is 2.13. The molecule has 2 nitrogen and oxygen atoms in total. The summed E-state index contributed by atoms with van der Waals surface area (Å²) in [4.78, 5) is 12.0. The summed E-state index contributed by atoms with van der Waals surface area (Å²) < 4.78 is 1.86. The molecule has 0 aliphatic rings. The Balaban J connectivity index is 2.95. The molecule has 1 heterocycles. The summed E-state index contributed by atoms with van der Waals surface area (Å²) >= 11 is 0. The highest BCUT2D eigenvalue weighted by Gasteiger charge is 2.12. The van der Waals surface area contributed by atoms with Crippen molar-refractivity contribution >= 4 is 5.78 Å². The third-order valence-electron chi connectivity index (χ3n) is 2.30. The third-order valence-corrected chi connectivity index (χ3v) is 2.30. The van der Waals surface area contributed by atoms with Crippen LogP contribution in [0.15, 0.2) is 30.0 Å². The van der Waals surface area contributed by atoms with Crippen LogP contribution in [0.5, 0.6) is 0 Å². The van der Waals surface area contributed by atoms with Crippen molar-refractivity contribution in [2.24, 2.45) is 7.05 Å². The van der Waals surface area contributed by atoms with E-state index in [0.29, 0.717) is 0 Å². The number of rotatable bonds is 4. The molecule has 0 amide bonds. The highest BCUT2D eigenvalue weighted by atomic mass is 16.1. The summed E-state index contributed by atoms with van der Waals surface area (Å²) in [6, 6.07) is 3.76. The van der Waals surface area contributed by atoms with E-state index >= 15 is 0 Å². The van der Waals surface area contributed by atoms with Gasteiger partial charge in [-0.05, 0) is 30.5 Å². The monoisotopic (exact) mass is 191 g/mol. The average molecular weight is 191 g/mol. The van der Waals surface area contributed by atoms with Crippen molar-refractivity contribution in [2.75, 3.05) is 0 Å². The first-order valence-electron chi connectivity index (χ1n) is 5.05. The van der Waals surface area contributed by atoms with Crippen molar-refractivity contribution in [1.82, 2.24) is 4.57 Å². The van der Waals surface area contributed by atoms with E-state index in [9.17, 15) is 4.79 Å². The van der Waals surface area contributed by atoms with E-state index in [2.05, 4.69) is 0 Å². The summed E-state index contributed by atoms with van der Waals surface area (Å²) in [6.07, 6.45) is 5.62. The quantitative estimate of drug-likeness (QED) is 0.529. The van der Waals surface area contributed by atoms with Crippen LogP contribution in [0, 0.1) is 0 Å². The molecule has 0 aliphatic carbocycles. The predicted octanol–water partition coefficient (Wildman–Crippen LogP) is 2.95. The minimum Gasteiger partial charge on any atom is -0.348 e. The second-order valence-corrected chi connectivity index (χ2v) is 3.32. The second-order valence-electron chi connectivity index (χ2n) is 3.32. The maximum absolute atomic E-state index is 12.0. The molecular weight excluding hydrogens is 174 g/mol. The average Bonchev–Trinajstić information content (AvgIpc) is 2.59. The van der Waals surface area contributed by atoms with E-state index in [-0.39, 0.29) is 5.78 Å². The van der Waals surface area contributed by atoms with Crippen LogP contribution < -0.4 is 0 Å². The molecule has 0 aliphatic heterocycles. The van der Waals surface area contributed by atoms with Crippen molar-refractivity contribution in [1.29, 1.82) is 0 Å². The number of hydrogen-bond donors (Lipinski definition) is 0. The zero-order valence-electron chi connectivity index (χ0n) is 9.08. The maximum atomic E-state index is 12.0. The van der Waals surface area contributed by atoms with Gasteiger partial charge in [-0.25, -0.2) is 0 Å². The fraction of sp³-hybridized carbons (Fsp3) is 0.417. The standard InChI is InChI=1S/C12H17NO/c1-4-7-10(5-2)12(14)11-8-6-9-13(11)3/h6-9H,4-5H2,1-3H3/b10-7+. The molecular formula is C12H17NO. The molecule has 76 valence electrons. The Kier molecular flexibility index (Phi) is 3.69. The zero-order valence-corrected chi connectivity index (χ0v) is 9.08. The fourth-order valence-electron chi connectivity index (χ4n) is 1.51. The Morgan fingerprint density at radius 3 is 2.64 bits per heavy atom. The molecule has 2 heteroatoms. The lowest BCUT2D eigenvalue weighted by molar-refractivity contribution is 0.102. The van der Waals surface area contributed by atoms with E-state index in [1.54, 1.807) is 0 Å². The topological polar surface area (TPSA) is 22.0 Å². The number of carbonyl (C=O) groups excluding carboxylic acids is 1. The van der Waals surface area contributed by atoms with Crippen LogP contribution in [0.4, 0.5) is 0 Å². The van der Waals surface area contributed by atoms with Crippen molar-refractivity contribution < 1.29 is 4.79 Å². The summed E-state index contributed by atoms with van der Waals surface area (Å²) in [5, 5.41) is 0. The number of nitrogens with zero attached hydrogens (tertiary/aromatic N) is 1. The number of aromatic nitrogens is 1. The highest BCUT2D eigenvalue weighted by Crippen LogP contribution is 2.12. The maximum Gasteiger partial charge on any atom is 0.205 e. The van der Waals surface area contributed by atoms with Crippen molar-refractivity contribution in [3.05, 3.63) is 35.7 Å². The summed E-state index contributed by atoms with van der Waals surface area (Å²) in [5.41, 5.74) is 1.68. The van der Waals surface area contributed by atoms with Gasteiger partial charge in [0.2, 0.25) is 5.78 Å². The largest absolute Gasteiger partial charge is 0.348 e. The Labute approximate surface area is 85.2 Å². The molecule has 1 aromatic rings. The molecule has 0 saturated heterocycles. The minimum absolute atomic E-state index is 0.154. The van der Waals surface area contributed by atoms with Crippen molar-refractivity contribution in [2.45, 2.75) is 26.7 Å². The van der Waals surface area contributed by atoms with E-state index in [4.69, 9.17) is 0 Å². The SMILES string of the molecule is CC/C=C(\CC)C(=O)c1cccn1C. The lowest BCUT2D eigenvalue weighted by atomic mass is 10.1. The van der Waals surface area contributed by atoms with Gasteiger partial charge >= 0.3 is 0 Å². The molecule has 0 fully saturated rings. The van der Waals surface area contributed by atoms with Gasteiger partial charge in [-0.2, -0.15) is 0 Å². The van der Waals surface area contributed by atoms with E-state index in [1.165, 1.54) is 0 Å². The van der Waals surface area contributed by atoms with Gasteiger partial charge in [-0.15, -0.1) is 0 Å². The van der Waals surface area contributed by atoms with Gasteiger partial charge in [-0.3, -0.25) is 4.79 Å². The summed E-state index contributed by atoms with van der Waals surface area (Å²) in [6.45, 7) is 4.07. The van der Waals surface area contributed by atoms with Crippen LogP contribution in [-0.2, 0) is 7.05 Å². The molecule has 0 aromatic carbocycles. The van der Waals surface area contributed by atoms with E-state index in [1.807, 2.05) is 49.9 Å². The minimum atomic E-state index is 0.154. The number of hydrogen-bond acceptors (Lipinski definition) is 1. The van der Waals surface area contributed by atoms with Gasteiger partial charge in [0.15, 0.2) is 0 Å². The molecule has 0 bridgehead atoms. The molecule has 0 unspecified atom stereocenters. The Bertz CT molecular complexity index is 347. The van der Waals surface area contributed by atoms with Gasteiger partial charge in [0.1, 0.15) is 0 Å². The van der Waals surface area contributed by atoms with E-state index in [0.717, 1.165) is 24.1 Å². The molecule has 0 atom stereocenters. The lowest BCUT2D eigenvalue weighted by Gasteiger charge is -2.04. The first kappa shape index (κ1) is 10.8. The predicted molar refractivity (Wildman–Crippen MR) is 58.4 cm³/mol. The first-order chi connectivity index (χ1) is 6.70. The lowest BCUT2D eigenvalue weighted by Crippen LogP contribution is -2.07. The van der Waals surface area contributed by atoms with Gasteiger partial charge in [-0.1, -0.05) is 19.9 Å². The number of carbonyl (C=O) groups is 1. The number of ketones is 1. The number of allylic oxidation sites excluding steroid dienone is 2. The number of Topliss-reactive ketones (excluding diaryl/α,β-unsaturated/α-hetero) is 1. The summed E-state index contributed by atoms with van der Waals surface area (Å²) in [5.74, 6) is 0.154. The van der Waals surface area contributed by atoms with Gasteiger partial charge in [0, 0.05) is 13.2 Å². The Hall–Kier alpha value is -1.31. The molecule has 1 rings (SSSR count). The first-order valence-corrected chi connectivity index (χ1v) is 5.05. The fourth-order valence-corrected chi connectivity index (χ4v) is 1.51. The van der Waals surface area contributed by atoms with Gasteiger partial charge < -0.3 is 4.57 Å². The Morgan fingerprint density at radius 1 is 1.50 bits per heavy atom. The molecule has 0 spiro atoms. The highest BCUT2D eigenvalue weighted by molar-refractivity contribution is 6.07. The molecule has 0 radical (unpaired) electrons. The van der Waals surface area contributed by atoms with Crippen LogP contribution in [-0.4, -0.2) is 10.4 Å². The van der Waals surface area contributed by atoms with Crippen LogP contribution in [0.25, 0.3) is 0 Å². The van der Waals surface area contributed by atoms with Crippen LogP contribution in [0.3, 0.4) is 0 Å². The van der Waals surface area contributed by atoms with Crippen molar-refractivity contribution in [3.8, 4) is 0 Å². The normalized spacial score (nSPS) is 11.8. The summed E-state index contributed by atoms with van der Waals surface area (Å²) in [7, 11) is 1.90. The van der Waals surface area contributed by atoms with Crippen LogP contribution in [0.1, 0.15) is 37.2 Å². The number of aryl methyl sites for hydroxylation is 1. The van der Waals surface area contributed by atoms with Crippen LogP contribution in [0.2, 0.25) is 0 Å². The molecule has 0 N–H and O–H groups in total. The Morgan fingerprint density at radius 2 is 2.21 bits per heavy atom. The van der Waals surface area contributed by atoms with E-state index < -0.39 is 0 Å². The van der Waals surface area contributed by atoms with Crippen LogP contribution >= 0.6 is 0 Å². The molecule has 1 aromatic heterocycles. The smallest absolute Gasteiger partial charge is 0.205 e. The molecule has 14 heavy (non-hydrogen) atoms. The zero-order chi connectivity index (χ0) is 10.6. The van der Waals surface area contributed by atoms with Gasteiger partial charge in [0.25, 0.3) is 0 Å². The van der Waals surface area contributed by atoms with Gasteiger partial charge in [0.05, 0.1) is 5.69 Å². The second kappa shape index (κ2) is 4.80. The van der Waals surface area contributed by atoms with Crippen molar-refractivity contribution in [3.63, 3.8) is 0 Å². The molecule has 0 saturated carbocycles.